The van der Waals surface area contributed by atoms with Crippen LogP contribution >= 0.6 is 0 Å². The summed E-state index contributed by atoms with van der Waals surface area (Å²) >= 11 is 0. The van der Waals surface area contributed by atoms with Gasteiger partial charge < -0.3 is 15.2 Å². The van der Waals surface area contributed by atoms with Crippen LogP contribution in [0.4, 0.5) is 0 Å². The lowest BCUT2D eigenvalue weighted by Gasteiger charge is -2.22. The number of carbonyl (C=O) groups excluding carboxylic acids is 1. The third-order valence-electron chi connectivity index (χ3n) is 3.83. The van der Waals surface area contributed by atoms with E-state index >= 15 is 0 Å². The molecule has 1 aliphatic rings. The van der Waals surface area contributed by atoms with Crippen molar-refractivity contribution in [2.75, 3.05) is 19.6 Å². The van der Waals surface area contributed by atoms with Crippen molar-refractivity contribution in [1.29, 1.82) is 0 Å². The van der Waals surface area contributed by atoms with Gasteiger partial charge in [0.2, 0.25) is 0 Å². The lowest BCUT2D eigenvalue weighted by atomic mass is 10.00. The van der Waals surface area contributed by atoms with Crippen LogP contribution in [-0.2, 0) is 13.1 Å². The Morgan fingerprint density at radius 1 is 1.50 bits per heavy atom. The quantitative estimate of drug-likeness (QED) is 0.778. The molecule has 0 aliphatic carbocycles. The molecule has 0 radical (unpaired) electrons. The molecule has 0 bridgehead atoms. The number of aromatic nitrogens is 5. The van der Waals surface area contributed by atoms with E-state index < -0.39 is 0 Å². The van der Waals surface area contributed by atoms with Gasteiger partial charge in [-0.15, -0.1) is 5.10 Å². The molecule has 1 amide bonds. The first-order valence-electron chi connectivity index (χ1n) is 7.66. The van der Waals surface area contributed by atoms with Gasteiger partial charge in [0.1, 0.15) is 0 Å². The Balaban J connectivity index is 1.46. The zero-order valence-corrected chi connectivity index (χ0v) is 12.5. The van der Waals surface area contributed by atoms with Crippen molar-refractivity contribution in [3.63, 3.8) is 0 Å². The van der Waals surface area contributed by atoms with E-state index in [-0.39, 0.29) is 5.91 Å². The van der Waals surface area contributed by atoms with Crippen molar-refractivity contribution >= 4 is 5.91 Å². The molecule has 1 aliphatic heterocycles. The zero-order chi connectivity index (χ0) is 15.2. The van der Waals surface area contributed by atoms with E-state index in [0.717, 1.165) is 19.6 Å². The molecule has 0 unspecified atom stereocenters. The van der Waals surface area contributed by atoms with Crippen LogP contribution < -0.4 is 10.6 Å². The normalized spacial score (nSPS) is 18.3. The summed E-state index contributed by atoms with van der Waals surface area (Å²) in [6.45, 7) is 4.13. The zero-order valence-electron chi connectivity index (χ0n) is 12.5. The standard InChI is InChI=1S/C14H21N7O/c22-14(17-5-7-20-6-4-16-11-20)13-10-21(19-18-13)9-12-2-1-3-15-8-12/h4,6,10-12,15H,1-3,5,7-9H2,(H,17,22)/t12-/m0/s1. The molecule has 1 atom stereocenters. The smallest absolute Gasteiger partial charge is 0.273 e. The minimum absolute atomic E-state index is 0.187. The lowest BCUT2D eigenvalue weighted by Crippen LogP contribution is -2.32. The van der Waals surface area contributed by atoms with Gasteiger partial charge in [-0.1, -0.05) is 5.21 Å². The van der Waals surface area contributed by atoms with Crippen LogP contribution in [0.25, 0.3) is 0 Å². The second-order valence-corrected chi connectivity index (χ2v) is 5.59. The van der Waals surface area contributed by atoms with Crippen LogP contribution in [0, 0.1) is 5.92 Å². The van der Waals surface area contributed by atoms with Gasteiger partial charge in [0.25, 0.3) is 5.91 Å². The van der Waals surface area contributed by atoms with E-state index in [1.807, 2.05) is 10.8 Å². The first-order valence-corrected chi connectivity index (χ1v) is 7.66. The Kier molecular flexibility index (Phi) is 4.79. The number of hydrogen-bond donors (Lipinski definition) is 2. The number of hydrogen-bond acceptors (Lipinski definition) is 5. The van der Waals surface area contributed by atoms with Crippen LogP contribution in [0.1, 0.15) is 23.3 Å². The van der Waals surface area contributed by atoms with Gasteiger partial charge in [-0.05, 0) is 31.8 Å². The lowest BCUT2D eigenvalue weighted by molar-refractivity contribution is 0.0947. The molecule has 1 saturated heterocycles. The molecule has 0 spiro atoms. The van der Waals surface area contributed by atoms with Gasteiger partial charge in [-0.2, -0.15) is 0 Å². The van der Waals surface area contributed by atoms with Crippen molar-refractivity contribution < 1.29 is 4.79 Å². The summed E-state index contributed by atoms with van der Waals surface area (Å²) < 4.78 is 3.68. The third kappa shape index (κ3) is 3.91. The number of rotatable bonds is 6. The molecule has 2 N–H and O–H groups in total. The molecule has 3 rings (SSSR count). The minimum Gasteiger partial charge on any atom is -0.349 e. The number of nitrogens with zero attached hydrogens (tertiary/aromatic N) is 5. The van der Waals surface area contributed by atoms with Crippen molar-refractivity contribution in [2.24, 2.45) is 5.92 Å². The van der Waals surface area contributed by atoms with Gasteiger partial charge in [0.05, 0.1) is 12.5 Å². The van der Waals surface area contributed by atoms with E-state index in [2.05, 4.69) is 25.9 Å². The average molecular weight is 303 g/mol. The SMILES string of the molecule is O=C(NCCn1ccnc1)c1cn(C[C@H]2CCCNC2)nn1. The first-order chi connectivity index (χ1) is 10.8. The second kappa shape index (κ2) is 7.17. The number of nitrogens with one attached hydrogen (secondary N) is 2. The monoisotopic (exact) mass is 303 g/mol. The highest BCUT2D eigenvalue weighted by molar-refractivity contribution is 5.91. The Bertz CT molecular complexity index is 586. The van der Waals surface area contributed by atoms with Crippen LogP contribution in [0.2, 0.25) is 0 Å². The second-order valence-electron chi connectivity index (χ2n) is 5.59. The van der Waals surface area contributed by atoms with Gasteiger partial charge in [0.15, 0.2) is 5.69 Å². The number of imidazole rings is 1. The maximum absolute atomic E-state index is 12.0. The Labute approximate surface area is 128 Å². The molecule has 2 aromatic rings. The fourth-order valence-corrected chi connectivity index (χ4v) is 2.64. The van der Waals surface area contributed by atoms with Gasteiger partial charge in [0, 0.05) is 32.0 Å². The van der Waals surface area contributed by atoms with Crippen molar-refractivity contribution in [2.45, 2.75) is 25.9 Å². The molecule has 2 aromatic heterocycles. The van der Waals surface area contributed by atoms with E-state index in [4.69, 9.17) is 0 Å². The molecule has 8 nitrogen and oxygen atoms in total. The Hall–Kier alpha value is -2.22. The topological polar surface area (TPSA) is 89.7 Å². The van der Waals surface area contributed by atoms with Crippen LogP contribution in [0.3, 0.4) is 0 Å². The summed E-state index contributed by atoms with van der Waals surface area (Å²) in [7, 11) is 0. The van der Waals surface area contributed by atoms with E-state index in [1.165, 1.54) is 12.8 Å². The molecule has 22 heavy (non-hydrogen) atoms. The highest BCUT2D eigenvalue weighted by Gasteiger charge is 2.16. The van der Waals surface area contributed by atoms with Gasteiger partial charge in [-0.3, -0.25) is 9.48 Å². The summed E-state index contributed by atoms with van der Waals surface area (Å²) in [5.74, 6) is 0.376. The maximum Gasteiger partial charge on any atom is 0.273 e. The highest BCUT2D eigenvalue weighted by atomic mass is 16.2. The summed E-state index contributed by atoms with van der Waals surface area (Å²) in [5, 5.41) is 14.2. The summed E-state index contributed by atoms with van der Waals surface area (Å²) in [6.07, 6.45) is 9.41. The van der Waals surface area contributed by atoms with Crippen molar-refractivity contribution in [1.82, 2.24) is 35.2 Å². The molecule has 8 heteroatoms. The molecule has 1 fully saturated rings. The summed E-state index contributed by atoms with van der Waals surface area (Å²) in [4.78, 5) is 16.0. The Morgan fingerprint density at radius 2 is 2.45 bits per heavy atom. The predicted molar refractivity (Wildman–Crippen MR) is 80.2 cm³/mol. The minimum atomic E-state index is -0.187. The predicted octanol–water partition coefficient (Wildman–Crippen LogP) is -0.0958. The molecular formula is C14H21N7O. The molecule has 3 heterocycles. The fourth-order valence-electron chi connectivity index (χ4n) is 2.64. The van der Waals surface area contributed by atoms with Crippen LogP contribution in [-0.4, -0.2) is 50.1 Å². The van der Waals surface area contributed by atoms with E-state index in [1.54, 1.807) is 23.4 Å². The van der Waals surface area contributed by atoms with Gasteiger partial charge in [-0.25, -0.2) is 4.98 Å². The third-order valence-corrected chi connectivity index (χ3v) is 3.83. The largest absolute Gasteiger partial charge is 0.349 e. The fraction of sp³-hybridized carbons (Fsp3) is 0.571. The molecule has 118 valence electrons. The molecule has 0 aromatic carbocycles. The van der Waals surface area contributed by atoms with Crippen molar-refractivity contribution in [3.05, 3.63) is 30.6 Å². The summed E-state index contributed by atoms with van der Waals surface area (Å²) in [6, 6.07) is 0. The van der Waals surface area contributed by atoms with E-state index in [0.29, 0.717) is 24.7 Å². The first kappa shape index (κ1) is 14.7. The van der Waals surface area contributed by atoms with E-state index in [9.17, 15) is 4.79 Å². The molecule has 0 saturated carbocycles. The average Bonchev–Trinajstić information content (AvgIpc) is 3.20. The van der Waals surface area contributed by atoms with Crippen LogP contribution in [0.15, 0.2) is 24.9 Å². The van der Waals surface area contributed by atoms with Gasteiger partial charge >= 0.3 is 0 Å². The highest BCUT2D eigenvalue weighted by Crippen LogP contribution is 2.11. The van der Waals surface area contributed by atoms with Crippen molar-refractivity contribution in [3.8, 4) is 0 Å². The van der Waals surface area contributed by atoms with Crippen LogP contribution in [0.5, 0.6) is 0 Å². The summed E-state index contributed by atoms with van der Waals surface area (Å²) in [5.41, 5.74) is 0.370. The number of carbonyl (C=O) groups is 1. The molecular weight excluding hydrogens is 282 g/mol. The number of amides is 1. The number of piperidine rings is 1. The maximum atomic E-state index is 12.0. The Morgan fingerprint density at radius 3 is 3.23 bits per heavy atom.